The molecular weight excluding hydrogens is 330 g/mol. The molecule has 2 saturated heterocycles. The van der Waals surface area contributed by atoms with Crippen LogP contribution in [0.2, 0.25) is 0 Å². The second-order valence-corrected chi connectivity index (χ2v) is 8.14. The fourth-order valence-corrected chi connectivity index (χ4v) is 5.87. The molecule has 132 valence electrons. The van der Waals surface area contributed by atoms with Gasteiger partial charge in [0.1, 0.15) is 0 Å². The lowest BCUT2D eigenvalue weighted by Crippen LogP contribution is -2.55. The Morgan fingerprint density at radius 1 is 0.880 bits per heavy atom. The van der Waals surface area contributed by atoms with Gasteiger partial charge in [-0.25, -0.2) is 0 Å². The predicted octanol–water partition coefficient (Wildman–Crippen LogP) is 3.57. The highest BCUT2D eigenvalue weighted by Crippen LogP contribution is 2.57. The lowest BCUT2D eigenvalue weighted by Gasteiger charge is -2.51. The Bertz CT molecular complexity index is 646. The van der Waals surface area contributed by atoms with Crippen molar-refractivity contribution >= 4 is 11.8 Å². The van der Waals surface area contributed by atoms with E-state index >= 15 is 0 Å². The smallest absolute Gasteiger partial charge is 0.0954 e. The molecular formula is C21H25NO2S. The normalized spacial score (nSPS) is 25.4. The molecule has 2 aromatic rings. The summed E-state index contributed by atoms with van der Waals surface area (Å²) < 4.78 is 12.1. The summed E-state index contributed by atoms with van der Waals surface area (Å²) in [6.45, 7) is 2.07. The lowest BCUT2D eigenvalue weighted by molar-refractivity contribution is -0.126. The third-order valence-corrected chi connectivity index (χ3v) is 7.26. The van der Waals surface area contributed by atoms with Gasteiger partial charge in [-0.2, -0.15) is 0 Å². The molecule has 2 fully saturated rings. The molecule has 2 aliphatic heterocycles. The van der Waals surface area contributed by atoms with Crippen molar-refractivity contribution in [1.29, 1.82) is 0 Å². The minimum Gasteiger partial charge on any atom is -0.381 e. The molecule has 0 aromatic heterocycles. The Morgan fingerprint density at radius 3 is 2.00 bits per heavy atom. The summed E-state index contributed by atoms with van der Waals surface area (Å²) in [4.78, 5) is 0. The molecule has 3 nitrogen and oxygen atoms in total. The Kier molecular flexibility index (Phi) is 4.87. The van der Waals surface area contributed by atoms with Gasteiger partial charge in [0, 0.05) is 37.9 Å². The molecule has 2 aromatic carbocycles. The number of hydrogen-bond acceptors (Lipinski definition) is 4. The summed E-state index contributed by atoms with van der Waals surface area (Å²) in [7, 11) is 0. The lowest BCUT2D eigenvalue weighted by atomic mass is 9.72. The van der Waals surface area contributed by atoms with E-state index in [2.05, 4.69) is 60.7 Å². The molecule has 4 heteroatoms. The number of rotatable bonds is 2. The van der Waals surface area contributed by atoms with Crippen molar-refractivity contribution in [3.63, 3.8) is 0 Å². The molecule has 4 rings (SSSR count). The SMILES string of the molecule is N[C@@H]1COC2(CCOCC2)C(c2ccccc2)(c2ccccc2)SC1. The number of benzene rings is 2. The van der Waals surface area contributed by atoms with Crippen molar-refractivity contribution in [2.45, 2.75) is 29.2 Å². The van der Waals surface area contributed by atoms with Gasteiger partial charge in [-0.1, -0.05) is 60.7 Å². The van der Waals surface area contributed by atoms with Crippen molar-refractivity contribution < 1.29 is 9.47 Å². The van der Waals surface area contributed by atoms with E-state index in [-0.39, 0.29) is 16.4 Å². The fraction of sp³-hybridized carbons (Fsp3) is 0.429. The Hall–Kier alpha value is -1.33. The summed E-state index contributed by atoms with van der Waals surface area (Å²) >= 11 is 1.95. The molecule has 25 heavy (non-hydrogen) atoms. The molecule has 0 aliphatic carbocycles. The number of thioether (sulfide) groups is 1. The van der Waals surface area contributed by atoms with Gasteiger partial charge in [0.15, 0.2) is 0 Å². The largest absolute Gasteiger partial charge is 0.381 e. The van der Waals surface area contributed by atoms with Gasteiger partial charge in [-0.15, -0.1) is 11.8 Å². The zero-order chi connectivity index (χ0) is 17.2. The van der Waals surface area contributed by atoms with Crippen molar-refractivity contribution in [2.75, 3.05) is 25.6 Å². The van der Waals surface area contributed by atoms with Crippen LogP contribution in [0.3, 0.4) is 0 Å². The van der Waals surface area contributed by atoms with E-state index in [1.54, 1.807) is 0 Å². The molecule has 0 unspecified atom stereocenters. The van der Waals surface area contributed by atoms with E-state index in [9.17, 15) is 0 Å². The minimum absolute atomic E-state index is 0.0546. The first kappa shape index (κ1) is 17.1. The van der Waals surface area contributed by atoms with Crippen LogP contribution in [-0.4, -0.2) is 37.2 Å². The highest BCUT2D eigenvalue weighted by atomic mass is 32.2. The molecule has 2 heterocycles. The van der Waals surface area contributed by atoms with E-state index in [0.29, 0.717) is 6.61 Å². The Balaban J connectivity index is 1.95. The second kappa shape index (κ2) is 7.12. The van der Waals surface area contributed by atoms with Crippen LogP contribution in [0.4, 0.5) is 0 Å². The van der Waals surface area contributed by atoms with Gasteiger partial charge in [-0.05, 0) is 11.1 Å². The van der Waals surface area contributed by atoms with Crippen LogP contribution < -0.4 is 5.73 Å². The maximum Gasteiger partial charge on any atom is 0.0954 e. The van der Waals surface area contributed by atoms with Crippen molar-refractivity contribution in [2.24, 2.45) is 5.73 Å². The summed E-state index contributed by atoms with van der Waals surface area (Å²) in [6, 6.07) is 21.6. The Labute approximate surface area is 153 Å². The summed E-state index contributed by atoms with van der Waals surface area (Å²) in [5, 5.41) is 0. The van der Waals surface area contributed by atoms with Gasteiger partial charge in [0.2, 0.25) is 0 Å². The van der Waals surface area contributed by atoms with Crippen LogP contribution in [-0.2, 0) is 14.2 Å². The highest BCUT2D eigenvalue weighted by Gasteiger charge is 2.57. The second-order valence-electron chi connectivity index (χ2n) is 6.90. The topological polar surface area (TPSA) is 44.5 Å². The van der Waals surface area contributed by atoms with Crippen LogP contribution in [0, 0.1) is 0 Å². The summed E-state index contributed by atoms with van der Waals surface area (Å²) in [5.74, 6) is 0.881. The number of nitrogens with two attached hydrogens (primary N) is 1. The first-order chi connectivity index (χ1) is 12.3. The molecule has 0 bridgehead atoms. The number of hydrogen-bond donors (Lipinski definition) is 1. The minimum atomic E-state index is -0.299. The van der Waals surface area contributed by atoms with E-state index in [1.165, 1.54) is 11.1 Å². The fourth-order valence-electron chi connectivity index (χ4n) is 4.18. The van der Waals surface area contributed by atoms with Crippen LogP contribution in [0.25, 0.3) is 0 Å². The van der Waals surface area contributed by atoms with Gasteiger partial charge in [-0.3, -0.25) is 0 Å². The van der Waals surface area contributed by atoms with E-state index in [0.717, 1.165) is 31.8 Å². The molecule has 2 aliphatic rings. The quantitative estimate of drug-likeness (QED) is 0.894. The standard InChI is InChI=1S/C21H25NO2S/c22-19-15-24-20(11-13-23-14-12-20)21(25-16-19,17-7-3-1-4-8-17)18-9-5-2-6-10-18/h1-10,19H,11-16,22H2/t19-/m1/s1. The van der Waals surface area contributed by atoms with E-state index in [4.69, 9.17) is 15.2 Å². The van der Waals surface area contributed by atoms with Crippen molar-refractivity contribution in [3.05, 3.63) is 71.8 Å². The average Bonchev–Trinajstić information content (AvgIpc) is 2.82. The molecule has 0 saturated carbocycles. The van der Waals surface area contributed by atoms with Gasteiger partial charge in [0.25, 0.3) is 0 Å². The van der Waals surface area contributed by atoms with Crippen molar-refractivity contribution in [3.8, 4) is 0 Å². The zero-order valence-electron chi connectivity index (χ0n) is 14.4. The van der Waals surface area contributed by atoms with E-state index < -0.39 is 0 Å². The van der Waals surface area contributed by atoms with Crippen LogP contribution >= 0.6 is 11.8 Å². The average molecular weight is 356 g/mol. The monoisotopic (exact) mass is 355 g/mol. The van der Waals surface area contributed by atoms with Gasteiger partial charge >= 0.3 is 0 Å². The van der Waals surface area contributed by atoms with Crippen LogP contribution in [0.1, 0.15) is 24.0 Å². The third-order valence-electron chi connectivity index (χ3n) is 5.39. The van der Waals surface area contributed by atoms with Crippen LogP contribution in [0.5, 0.6) is 0 Å². The van der Waals surface area contributed by atoms with Crippen LogP contribution in [0.15, 0.2) is 60.7 Å². The molecule has 0 radical (unpaired) electrons. The predicted molar refractivity (Wildman–Crippen MR) is 103 cm³/mol. The molecule has 1 spiro atoms. The summed E-state index contributed by atoms with van der Waals surface area (Å²) in [6.07, 6.45) is 1.77. The Morgan fingerprint density at radius 2 is 1.44 bits per heavy atom. The molecule has 0 amide bonds. The van der Waals surface area contributed by atoms with Crippen molar-refractivity contribution in [1.82, 2.24) is 0 Å². The first-order valence-corrected chi connectivity index (χ1v) is 9.98. The maximum absolute atomic E-state index is 6.64. The molecule has 2 N–H and O–H groups in total. The first-order valence-electron chi connectivity index (χ1n) is 8.99. The van der Waals surface area contributed by atoms with E-state index in [1.807, 2.05) is 11.8 Å². The van der Waals surface area contributed by atoms with Gasteiger partial charge in [0.05, 0.1) is 17.0 Å². The third kappa shape index (κ3) is 2.91. The molecule has 1 atom stereocenters. The number of ether oxygens (including phenoxy) is 2. The highest BCUT2D eigenvalue weighted by molar-refractivity contribution is 8.00. The maximum atomic E-state index is 6.64. The van der Waals surface area contributed by atoms with Gasteiger partial charge < -0.3 is 15.2 Å². The summed E-state index contributed by atoms with van der Waals surface area (Å²) in [5.41, 5.74) is 8.61. The zero-order valence-corrected chi connectivity index (χ0v) is 15.2.